The molecule has 5 atom stereocenters. The van der Waals surface area contributed by atoms with Crippen LogP contribution >= 0.6 is 0 Å². The van der Waals surface area contributed by atoms with E-state index in [4.69, 9.17) is 0 Å². The van der Waals surface area contributed by atoms with E-state index in [2.05, 4.69) is 27.9 Å². The summed E-state index contributed by atoms with van der Waals surface area (Å²) in [6.07, 6.45) is 4.78. The number of aliphatic hydroxyl groups is 2. The first-order chi connectivity index (χ1) is 22.6. The predicted octanol–water partition coefficient (Wildman–Crippen LogP) is 4.87. The third kappa shape index (κ3) is 12.1. The lowest BCUT2D eigenvalue weighted by atomic mass is 9.91. The van der Waals surface area contributed by atoms with Crippen LogP contribution in [-0.2, 0) is 11.2 Å². The number of unbranched alkanes of at least 4 members (excludes halogenated alkanes) is 4. The van der Waals surface area contributed by atoms with E-state index in [1.54, 1.807) is 42.5 Å². The summed E-state index contributed by atoms with van der Waals surface area (Å²) in [6, 6.07) is 11.3. The smallest absolute Gasteiger partial charge is 0.253 e. The van der Waals surface area contributed by atoms with Gasteiger partial charge in [-0.15, -0.1) is 0 Å². The van der Waals surface area contributed by atoms with Gasteiger partial charge in [-0.05, 0) is 61.2 Å². The second kappa shape index (κ2) is 19.4. The minimum absolute atomic E-state index is 0.136. The van der Waals surface area contributed by atoms with E-state index in [9.17, 15) is 33.4 Å². The Labute approximate surface area is 275 Å². The van der Waals surface area contributed by atoms with Gasteiger partial charge in [0.05, 0.1) is 17.6 Å². The average molecular weight is 653 g/mol. The zero-order chi connectivity index (χ0) is 34.2. The lowest BCUT2D eigenvalue weighted by Crippen LogP contribution is -2.59. The molecule has 0 aliphatic carbocycles. The topological polar surface area (TPSA) is 141 Å². The Bertz CT molecular complexity index is 1390. The van der Waals surface area contributed by atoms with Gasteiger partial charge in [0.1, 0.15) is 29.9 Å². The molecule has 0 unspecified atom stereocenters. The highest BCUT2D eigenvalue weighted by Gasteiger charge is 2.35. The fourth-order valence-electron chi connectivity index (χ4n) is 5.38. The first kappa shape index (κ1) is 37.2. The standard InChI is InChI=1S/C36H46F2N4O5/c1-3-5-7-11-17-30(41-35(46)26-15-12-18-39-23-26)36(47)42-31(21-24-19-27(37)22-28(38)20-24)33(44)32(43)29(16-6-4-2)40-34(45)25-13-9-8-10-14-25/h8-10,12-15,18-20,22-23,29-33,43-44H,3-7,11,16-17,21H2,1-2H3,(H,40,45)(H,41,46)(H,42,47)/t29-,30-,31+,32-,33-/m1/s1. The van der Waals surface area contributed by atoms with E-state index in [1.165, 1.54) is 12.4 Å². The van der Waals surface area contributed by atoms with E-state index in [0.717, 1.165) is 37.8 Å². The highest BCUT2D eigenvalue weighted by Crippen LogP contribution is 2.18. The molecule has 0 saturated carbocycles. The SMILES string of the molecule is CCCCCC[C@@H](NC(=O)c1cccnc1)C(=O)N[C@@H](Cc1cc(F)cc(F)c1)[C@@H](O)[C@H](O)[C@@H](CCCC)NC(=O)c1ccccc1. The van der Waals surface area contributed by atoms with Crippen LogP contribution in [0.2, 0.25) is 0 Å². The Morgan fingerprint density at radius 1 is 0.723 bits per heavy atom. The van der Waals surface area contributed by atoms with Gasteiger partial charge < -0.3 is 26.2 Å². The highest BCUT2D eigenvalue weighted by molar-refractivity contribution is 5.97. The van der Waals surface area contributed by atoms with Crippen molar-refractivity contribution in [2.24, 2.45) is 0 Å². The number of aromatic nitrogens is 1. The van der Waals surface area contributed by atoms with E-state index >= 15 is 0 Å². The number of nitrogens with zero attached hydrogens (tertiary/aromatic N) is 1. The number of carbonyl (C=O) groups excluding carboxylic acids is 3. The van der Waals surface area contributed by atoms with Crippen molar-refractivity contribution in [2.75, 3.05) is 0 Å². The number of nitrogens with one attached hydrogen (secondary N) is 3. The van der Waals surface area contributed by atoms with Crippen molar-refractivity contribution in [1.29, 1.82) is 0 Å². The quantitative estimate of drug-likeness (QED) is 0.117. The molecular formula is C36H46F2N4O5. The lowest BCUT2D eigenvalue weighted by Gasteiger charge is -2.34. The van der Waals surface area contributed by atoms with Crippen molar-refractivity contribution < 1.29 is 33.4 Å². The number of rotatable bonds is 19. The summed E-state index contributed by atoms with van der Waals surface area (Å²) in [7, 11) is 0. The molecule has 0 fully saturated rings. The van der Waals surface area contributed by atoms with Crippen molar-refractivity contribution in [2.45, 2.75) is 102 Å². The molecular weight excluding hydrogens is 606 g/mol. The zero-order valence-electron chi connectivity index (χ0n) is 27.0. The molecule has 0 radical (unpaired) electrons. The molecule has 11 heteroatoms. The number of benzene rings is 2. The summed E-state index contributed by atoms with van der Waals surface area (Å²) >= 11 is 0. The van der Waals surface area contributed by atoms with E-state index < -0.39 is 59.7 Å². The Hall–Kier alpha value is -4.22. The van der Waals surface area contributed by atoms with Crippen LogP contribution in [0.4, 0.5) is 8.78 Å². The minimum atomic E-state index is -1.67. The first-order valence-electron chi connectivity index (χ1n) is 16.3. The summed E-state index contributed by atoms with van der Waals surface area (Å²) in [5, 5.41) is 31.3. The molecule has 0 bridgehead atoms. The molecule has 2 aromatic carbocycles. The lowest BCUT2D eigenvalue weighted by molar-refractivity contribution is -0.125. The molecule has 5 N–H and O–H groups in total. The normalized spacial score (nSPS) is 14.3. The number of hydrogen-bond acceptors (Lipinski definition) is 6. The monoisotopic (exact) mass is 652 g/mol. The number of amides is 3. The molecule has 47 heavy (non-hydrogen) atoms. The maximum atomic E-state index is 14.2. The summed E-state index contributed by atoms with van der Waals surface area (Å²) in [5.74, 6) is -3.27. The molecule has 0 spiro atoms. The van der Waals surface area contributed by atoms with E-state index in [1.807, 2.05) is 6.92 Å². The summed E-state index contributed by atoms with van der Waals surface area (Å²) in [5.41, 5.74) is 0.761. The molecule has 3 rings (SSSR count). The molecule has 254 valence electrons. The molecule has 9 nitrogen and oxygen atoms in total. The molecule has 3 aromatic rings. The Morgan fingerprint density at radius 2 is 1.36 bits per heavy atom. The van der Waals surface area contributed by atoms with Gasteiger partial charge in [0.15, 0.2) is 0 Å². The van der Waals surface area contributed by atoms with Crippen LogP contribution in [0.5, 0.6) is 0 Å². The van der Waals surface area contributed by atoms with E-state index in [0.29, 0.717) is 37.3 Å². The molecule has 1 heterocycles. The van der Waals surface area contributed by atoms with Gasteiger partial charge >= 0.3 is 0 Å². The van der Waals surface area contributed by atoms with Crippen LogP contribution in [0.25, 0.3) is 0 Å². The van der Waals surface area contributed by atoms with E-state index in [-0.39, 0.29) is 17.5 Å². The fourth-order valence-corrected chi connectivity index (χ4v) is 5.38. The van der Waals surface area contributed by atoms with Crippen LogP contribution in [0.3, 0.4) is 0 Å². The van der Waals surface area contributed by atoms with Gasteiger partial charge in [-0.1, -0.05) is 70.6 Å². The van der Waals surface area contributed by atoms with Gasteiger partial charge in [-0.25, -0.2) is 8.78 Å². The molecule has 0 aliphatic rings. The maximum Gasteiger partial charge on any atom is 0.253 e. The summed E-state index contributed by atoms with van der Waals surface area (Å²) < 4.78 is 28.3. The largest absolute Gasteiger partial charge is 0.388 e. The van der Waals surface area contributed by atoms with Gasteiger partial charge in [-0.3, -0.25) is 19.4 Å². The Kier molecular flexibility index (Phi) is 15.4. The number of aliphatic hydroxyl groups excluding tert-OH is 2. The highest BCUT2D eigenvalue weighted by atomic mass is 19.1. The third-order valence-electron chi connectivity index (χ3n) is 7.99. The van der Waals surface area contributed by atoms with Crippen LogP contribution in [0.1, 0.15) is 91.5 Å². The molecule has 0 aliphatic heterocycles. The van der Waals surface area contributed by atoms with Crippen molar-refractivity contribution >= 4 is 17.7 Å². The Balaban J connectivity index is 1.89. The van der Waals surface area contributed by atoms with Crippen molar-refractivity contribution in [3.05, 3.63) is 101 Å². The second-order valence-corrected chi connectivity index (χ2v) is 11.8. The minimum Gasteiger partial charge on any atom is -0.388 e. The number of carbonyl (C=O) groups is 3. The average Bonchev–Trinajstić information content (AvgIpc) is 3.07. The number of pyridine rings is 1. The van der Waals surface area contributed by atoms with Crippen molar-refractivity contribution in [1.82, 2.24) is 20.9 Å². The number of hydrogen-bond donors (Lipinski definition) is 5. The Morgan fingerprint density at radius 3 is 2.00 bits per heavy atom. The van der Waals surface area contributed by atoms with Gasteiger partial charge in [0.2, 0.25) is 5.91 Å². The van der Waals surface area contributed by atoms with Crippen LogP contribution in [0, 0.1) is 11.6 Å². The van der Waals surface area contributed by atoms with Crippen LogP contribution in [0.15, 0.2) is 73.1 Å². The zero-order valence-corrected chi connectivity index (χ0v) is 27.0. The van der Waals surface area contributed by atoms with Gasteiger partial charge in [0.25, 0.3) is 11.8 Å². The fraction of sp³-hybridized carbons (Fsp3) is 0.444. The maximum absolute atomic E-state index is 14.2. The molecule has 0 saturated heterocycles. The van der Waals surface area contributed by atoms with Crippen molar-refractivity contribution in [3.63, 3.8) is 0 Å². The van der Waals surface area contributed by atoms with Crippen LogP contribution < -0.4 is 16.0 Å². The van der Waals surface area contributed by atoms with Crippen LogP contribution in [-0.4, -0.2) is 63.3 Å². The molecule has 3 amide bonds. The molecule has 1 aromatic heterocycles. The third-order valence-corrected chi connectivity index (χ3v) is 7.99. The van der Waals surface area contributed by atoms with Gasteiger partial charge in [0, 0.05) is 24.0 Å². The predicted molar refractivity (Wildman–Crippen MR) is 175 cm³/mol. The number of halogens is 2. The first-order valence-corrected chi connectivity index (χ1v) is 16.3. The summed E-state index contributed by atoms with van der Waals surface area (Å²) in [4.78, 5) is 43.8. The van der Waals surface area contributed by atoms with Crippen molar-refractivity contribution in [3.8, 4) is 0 Å². The van der Waals surface area contributed by atoms with Gasteiger partial charge in [-0.2, -0.15) is 0 Å². The summed E-state index contributed by atoms with van der Waals surface area (Å²) in [6.45, 7) is 4.00. The second-order valence-electron chi connectivity index (χ2n) is 11.8.